The van der Waals surface area contributed by atoms with Crippen LogP contribution in [0, 0.1) is 0 Å². The first kappa shape index (κ1) is 14.4. The Bertz CT molecular complexity index is 586. The van der Waals surface area contributed by atoms with Gasteiger partial charge >= 0.3 is 0 Å². The van der Waals surface area contributed by atoms with Crippen molar-refractivity contribution in [2.75, 3.05) is 20.1 Å². The van der Waals surface area contributed by atoms with Crippen molar-refractivity contribution in [2.45, 2.75) is 42.1 Å². The lowest BCUT2D eigenvalue weighted by atomic mass is 10.1. The molecule has 3 heterocycles. The Hall–Kier alpha value is -0.560. The summed E-state index contributed by atoms with van der Waals surface area (Å²) in [7, 11) is -1.29. The highest BCUT2D eigenvalue weighted by Crippen LogP contribution is 2.31. The van der Waals surface area contributed by atoms with Crippen molar-refractivity contribution in [3.8, 4) is 0 Å². The molecular formula is C13H20ClN3O2S. The highest BCUT2D eigenvalue weighted by molar-refractivity contribution is 7.89. The number of alkyl halides is 1. The number of rotatable bonds is 3. The first-order valence-electron chi connectivity index (χ1n) is 6.97. The summed E-state index contributed by atoms with van der Waals surface area (Å²) in [6.45, 7) is 1.20. The zero-order valence-corrected chi connectivity index (χ0v) is 13.1. The predicted octanol–water partition coefficient (Wildman–Crippen LogP) is 1.61. The molecule has 0 spiro atoms. The molecule has 20 heavy (non-hydrogen) atoms. The van der Waals surface area contributed by atoms with E-state index < -0.39 is 10.0 Å². The lowest BCUT2D eigenvalue weighted by Crippen LogP contribution is -2.39. The Balaban J connectivity index is 1.84. The van der Waals surface area contributed by atoms with Gasteiger partial charge in [-0.05, 0) is 32.4 Å². The molecule has 2 aliphatic heterocycles. The number of aromatic nitrogens is 1. The van der Waals surface area contributed by atoms with Crippen LogP contribution < -0.4 is 0 Å². The van der Waals surface area contributed by atoms with Crippen LogP contribution in [0.1, 0.15) is 25.0 Å². The molecule has 0 saturated carbocycles. The average molecular weight is 318 g/mol. The van der Waals surface area contributed by atoms with Gasteiger partial charge in [-0.3, -0.25) is 4.90 Å². The summed E-state index contributed by atoms with van der Waals surface area (Å²) in [5.74, 6) is 0.295. The molecule has 2 fully saturated rings. The Morgan fingerprint density at radius 2 is 2.10 bits per heavy atom. The molecule has 0 aliphatic carbocycles. The minimum Gasteiger partial charge on any atom is -0.363 e. The summed E-state index contributed by atoms with van der Waals surface area (Å²) in [5.41, 5.74) is 0.735. The molecule has 1 aromatic heterocycles. The fourth-order valence-corrected chi connectivity index (χ4v) is 4.96. The van der Waals surface area contributed by atoms with E-state index >= 15 is 0 Å². The molecule has 2 saturated heterocycles. The molecule has 2 bridgehead atoms. The number of nitrogens with zero attached hydrogens (tertiary/aromatic N) is 2. The summed E-state index contributed by atoms with van der Waals surface area (Å²) in [4.78, 5) is 5.58. The standard InChI is InChI=1S/C13H20ClN3O2S/c1-16-11-2-3-12(16)9-17(5-4-11)20(18,19)13-6-10(7-14)15-8-13/h6,8,11-12,15H,2-5,7,9H2,1H3. The van der Waals surface area contributed by atoms with Crippen LogP contribution in [0.25, 0.3) is 0 Å². The van der Waals surface area contributed by atoms with Crippen LogP contribution in [-0.2, 0) is 15.9 Å². The quantitative estimate of drug-likeness (QED) is 0.862. The van der Waals surface area contributed by atoms with Gasteiger partial charge in [0.15, 0.2) is 0 Å². The van der Waals surface area contributed by atoms with E-state index in [-0.39, 0.29) is 0 Å². The van der Waals surface area contributed by atoms with Crippen LogP contribution >= 0.6 is 11.6 Å². The van der Waals surface area contributed by atoms with E-state index in [0.29, 0.717) is 35.9 Å². The van der Waals surface area contributed by atoms with Gasteiger partial charge in [0.05, 0.1) is 10.8 Å². The summed E-state index contributed by atoms with van der Waals surface area (Å²) < 4.78 is 27.0. The van der Waals surface area contributed by atoms with E-state index in [9.17, 15) is 8.42 Å². The molecule has 1 aromatic rings. The molecular weight excluding hydrogens is 298 g/mol. The number of sulfonamides is 1. The second-order valence-corrected chi connectivity index (χ2v) is 7.90. The minimum atomic E-state index is -3.40. The van der Waals surface area contributed by atoms with E-state index in [4.69, 9.17) is 11.6 Å². The Morgan fingerprint density at radius 3 is 2.80 bits per heavy atom. The normalized spacial score (nSPS) is 28.7. The van der Waals surface area contributed by atoms with Gasteiger partial charge in [-0.1, -0.05) is 0 Å². The third-order valence-electron chi connectivity index (χ3n) is 4.61. The zero-order chi connectivity index (χ0) is 14.3. The van der Waals surface area contributed by atoms with Gasteiger partial charge in [-0.2, -0.15) is 4.31 Å². The SMILES string of the molecule is CN1C2CCC1CN(S(=O)(=O)c1c[nH]c(CCl)c1)CC2. The van der Waals surface area contributed by atoms with Gasteiger partial charge in [0.25, 0.3) is 0 Å². The Labute approximate surface area is 124 Å². The summed E-state index contributed by atoms with van der Waals surface area (Å²) in [5, 5.41) is 0. The number of aromatic amines is 1. The van der Waals surface area contributed by atoms with Crippen molar-refractivity contribution in [1.29, 1.82) is 0 Å². The van der Waals surface area contributed by atoms with Crippen LogP contribution in [0.4, 0.5) is 0 Å². The third kappa shape index (κ3) is 2.39. The van der Waals surface area contributed by atoms with Gasteiger partial charge in [0, 0.05) is 37.1 Å². The van der Waals surface area contributed by atoms with Gasteiger partial charge < -0.3 is 4.98 Å². The Kier molecular flexibility index (Phi) is 3.83. The van der Waals surface area contributed by atoms with Crippen LogP contribution in [-0.4, -0.2) is 54.8 Å². The average Bonchev–Trinajstić information content (AvgIpc) is 2.95. The number of likely N-dealkylation sites (N-methyl/N-ethyl adjacent to an activating group) is 1. The predicted molar refractivity (Wildman–Crippen MR) is 78.3 cm³/mol. The third-order valence-corrected chi connectivity index (χ3v) is 6.74. The Morgan fingerprint density at radius 1 is 1.35 bits per heavy atom. The number of nitrogens with one attached hydrogen (secondary N) is 1. The molecule has 112 valence electrons. The molecule has 2 unspecified atom stereocenters. The molecule has 0 aromatic carbocycles. The minimum absolute atomic E-state index is 0.295. The smallest absolute Gasteiger partial charge is 0.244 e. The molecule has 1 N–H and O–H groups in total. The molecule has 7 heteroatoms. The van der Waals surface area contributed by atoms with E-state index in [1.807, 2.05) is 0 Å². The molecule has 2 aliphatic rings. The maximum Gasteiger partial charge on any atom is 0.244 e. The second kappa shape index (κ2) is 5.33. The number of hydrogen-bond donors (Lipinski definition) is 1. The van der Waals surface area contributed by atoms with Crippen molar-refractivity contribution < 1.29 is 8.42 Å². The maximum absolute atomic E-state index is 12.7. The molecule has 3 rings (SSSR count). The summed E-state index contributed by atoms with van der Waals surface area (Å²) >= 11 is 5.73. The van der Waals surface area contributed by atoms with Gasteiger partial charge in [0.2, 0.25) is 10.0 Å². The number of fused-ring (bicyclic) bond motifs is 2. The van der Waals surface area contributed by atoms with E-state index in [1.54, 1.807) is 16.6 Å². The van der Waals surface area contributed by atoms with Gasteiger partial charge in [0.1, 0.15) is 0 Å². The molecule has 0 amide bonds. The van der Waals surface area contributed by atoms with Gasteiger partial charge in [-0.15, -0.1) is 11.6 Å². The highest BCUT2D eigenvalue weighted by atomic mass is 35.5. The zero-order valence-electron chi connectivity index (χ0n) is 11.5. The van der Waals surface area contributed by atoms with Crippen LogP contribution in [0.3, 0.4) is 0 Å². The largest absolute Gasteiger partial charge is 0.363 e. The van der Waals surface area contributed by atoms with Crippen molar-refractivity contribution in [3.05, 3.63) is 18.0 Å². The van der Waals surface area contributed by atoms with Crippen molar-refractivity contribution in [3.63, 3.8) is 0 Å². The van der Waals surface area contributed by atoms with Crippen molar-refractivity contribution in [2.24, 2.45) is 0 Å². The monoisotopic (exact) mass is 317 g/mol. The molecule has 5 nitrogen and oxygen atoms in total. The molecule has 0 radical (unpaired) electrons. The number of hydrogen-bond acceptors (Lipinski definition) is 3. The van der Waals surface area contributed by atoms with E-state index in [0.717, 1.165) is 18.5 Å². The second-order valence-electron chi connectivity index (χ2n) is 5.70. The highest BCUT2D eigenvalue weighted by Gasteiger charge is 2.38. The van der Waals surface area contributed by atoms with Crippen LogP contribution in [0.2, 0.25) is 0 Å². The van der Waals surface area contributed by atoms with Crippen LogP contribution in [0.15, 0.2) is 17.2 Å². The fraction of sp³-hybridized carbons (Fsp3) is 0.692. The van der Waals surface area contributed by atoms with Gasteiger partial charge in [-0.25, -0.2) is 8.42 Å². The first-order chi connectivity index (χ1) is 9.52. The lowest BCUT2D eigenvalue weighted by Gasteiger charge is -2.24. The van der Waals surface area contributed by atoms with Crippen molar-refractivity contribution in [1.82, 2.24) is 14.2 Å². The van der Waals surface area contributed by atoms with Crippen LogP contribution in [0.5, 0.6) is 0 Å². The van der Waals surface area contributed by atoms with E-state index in [2.05, 4.69) is 16.9 Å². The lowest BCUT2D eigenvalue weighted by molar-refractivity contribution is 0.246. The van der Waals surface area contributed by atoms with Crippen molar-refractivity contribution >= 4 is 21.6 Å². The fourth-order valence-electron chi connectivity index (χ4n) is 3.29. The number of H-pyrrole nitrogens is 1. The topological polar surface area (TPSA) is 56.4 Å². The summed E-state index contributed by atoms with van der Waals surface area (Å²) in [6, 6.07) is 2.52. The summed E-state index contributed by atoms with van der Waals surface area (Å²) in [6.07, 6.45) is 4.74. The molecule has 2 atom stereocenters. The van der Waals surface area contributed by atoms with E-state index in [1.165, 1.54) is 6.42 Å². The number of halogens is 1. The maximum atomic E-state index is 12.7. The first-order valence-corrected chi connectivity index (χ1v) is 8.95.